The summed E-state index contributed by atoms with van der Waals surface area (Å²) in [6.45, 7) is 6.01. The van der Waals surface area contributed by atoms with Crippen molar-refractivity contribution in [3.63, 3.8) is 0 Å². The van der Waals surface area contributed by atoms with E-state index in [-0.39, 0.29) is 23.0 Å². The van der Waals surface area contributed by atoms with Gasteiger partial charge in [-0.25, -0.2) is 9.37 Å². The second-order valence-electron chi connectivity index (χ2n) is 5.46. The van der Waals surface area contributed by atoms with E-state index >= 15 is 0 Å². The van der Waals surface area contributed by atoms with E-state index in [0.717, 1.165) is 28.4 Å². The summed E-state index contributed by atoms with van der Waals surface area (Å²) in [5, 5.41) is 4.76. The van der Waals surface area contributed by atoms with Crippen LogP contribution in [0.2, 0.25) is 0 Å². The van der Waals surface area contributed by atoms with E-state index in [9.17, 15) is 9.18 Å². The van der Waals surface area contributed by atoms with Crippen LogP contribution < -0.4 is 5.32 Å². The van der Waals surface area contributed by atoms with Gasteiger partial charge in [-0.3, -0.25) is 4.79 Å². The third-order valence-corrected chi connectivity index (χ3v) is 5.45. The number of hydrogen-bond acceptors (Lipinski definition) is 4. The minimum absolute atomic E-state index is 0.0366. The Labute approximate surface area is 144 Å². The lowest BCUT2D eigenvalue weighted by Gasteiger charge is -2.15. The average Bonchev–Trinajstić information content (AvgIpc) is 2.96. The molecule has 0 aliphatic carbocycles. The molecule has 2 atom stereocenters. The number of carbonyl (C=O) groups excluding carboxylic acids is 1. The van der Waals surface area contributed by atoms with Crippen LogP contribution in [0.3, 0.4) is 0 Å². The molecule has 1 amide bonds. The van der Waals surface area contributed by atoms with Crippen molar-refractivity contribution in [2.45, 2.75) is 49.2 Å². The van der Waals surface area contributed by atoms with Crippen LogP contribution in [0, 0.1) is 5.82 Å². The number of nitrogens with zero attached hydrogens (tertiary/aromatic N) is 1. The molecule has 1 aromatic carbocycles. The average molecular weight is 352 g/mol. The molecule has 23 heavy (non-hydrogen) atoms. The molecule has 0 bridgehead atoms. The van der Waals surface area contributed by atoms with Gasteiger partial charge in [-0.1, -0.05) is 25.1 Å². The minimum atomic E-state index is -0.259. The minimum Gasteiger partial charge on any atom is -0.353 e. The highest BCUT2D eigenvalue weighted by Gasteiger charge is 2.18. The Hall–Kier alpha value is -1.40. The molecule has 1 aromatic heterocycles. The largest absolute Gasteiger partial charge is 0.353 e. The van der Waals surface area contributed by atoms with Crippen molar-refractivity contribution in [1.82, 2.24) is 10.3 Å². The molecular formula is C17H21FN2OS2. The van der Waals surface area contributed by atoms with Gasteiger partial charge in [0, 0.05) is 17.0 Å². The second-order valence-corrected chi connectivity index (χ2v) is 7.91. The summed E-state index contributed by atoms with van der Waals surface area (Å²) in [4.78, 5) is 16.7. The first-order valence-corrected chi connectivity index (χ1v) is 9.44. The van der Waals surface area contributed by atoms with Crippen LogP contribution in [-0.2, 0) is 4.79 Å². The molecule has 0 fully saturated rings. The maximum atomic E-state index is 13.0. The number of carbonyl (C=O) groups is 1. The monoisotopic (exact) mass is 352 g/mol. The van der Waals surface area contributed by atoms with Crippen LogP contribution in [-0.4, -0.2) is 22.2 Å². The van der Waals surface area contributed by atoms with Gasteiger partial charge in [-0.2, -0.15) is 0 Å². The molecule has 1 N–H and O–H groups in total. The lowest BCUT2D eigenvalue weighted by atomic mass is 10.2. The quantitative estimate of drug-likeness (QED) is 0.732. The zero-order chi connectivity index (χ0) is 16.8. The van der Waals surface area contributed by atoms with Gasteiger partial charge in [0.15, 0.2) is 4.34 Å². The van der Waals surface area contributed by atoms with Crippen molar-refractivity contribution in [3.05, 3.63) is 35.5 Å². The van der Waals surface area contributed by atoms with Crippen molar-refractivity contribution in [1.29, 1.82) is 0 Å². The third kappa shape index (κ3) is 5.32. The zero-order valence-electron chi connectivity index (χ0n) is 13.5. The van der Waals surface area contributed by atoms with E-state index in [1.54, 1.807) is 12.1 Å². The molecular weight excluding hydrogens is 331 g/mol. The molecule has 0 aliphatic rings. The molecule has 124 valence electrons. The van der Waals surface area contributed by atoms with Gasteiger partial charge in [-0.15, -0.1) is 11.3 Å². The topological polar surface area (TPSA) is 42.0 Å². The summed E-state index contributed by atoms with van der Waals surface area (Å²) >= 11 is 2.95. The van der Waals surface area contributed by atoms with Crippen molar-refractivity contribution < 1.29 is 9.18 Å². The van der Waals surface area contributed by atoms with Crippen LogP contribution in [0.25, 0.3) is 11.3 Å². The second kappa shape index (κ2) is 8.45. The molecule has 3 nitrogen and oxygen atoms in total. The Morgan fingerprint density at radius 3 is 2.70 bits per heavy atom. The van der Waals surface area contributed by atoms with E-state index in [0.29, 0.717) is 0 Å². The molecule has 2 rings (SSSR count). The Balaban J connectivity index is 1.95. The number of thiazole rings is 1. The van der Waals surface area contributed by atoms with Gasteiger partial charge in [0.2, 0.25) is 5.91 Å². The third-order valence-electron chi connectivity index (χ3n) is 3.38. The predicted octanol–water partition coefficient (Wildman–Crippen LogP) is 4.73. The molecule has 6 heteroatoms. The number of benzene rings is 1. The van der Waals surface area contributed by atoms with E-state index in [1.165, 1.54) is 35.2 Å². The number of rotatable bonds is 7. The van der Waals surface area contributed by atoms with Gasteiger partial charge in [0.05, 0.1) is 10.9 Å². The molecule has 2 aromatic rings. The van der Waals surface area contributed by atoms with Crippen LogP contribution in [0.4, 0.5) is 4.39 Å². The van der Waals surface area contributed by atoms with Crippen LogP contribution in [0.1, 0.15) is 33.6 Å². The predicted molar refractivity (Wildman–Crippen MR) is 95.3 cm³/mol. The number of thioether (sulfide) groups is 1. The lowest BCUT2D eigenvalue weighted by molar-refractivity contribution is -0.120. The molecule has 0 radical (unpaired) electrons. The first-order chi connectivity index (χ1) is 11.0. The number of hydrogen-bond donors (Lipinski definition) is 1. The Kier molecular flexibility index (Phi) is 6.59. The summed E-state index contributed by atoms with van der Waals surface area (Å²) in [7, 11) is 0. The zero-order valence-corrected chi connectivity index (χ0v) is 15.1. The summed E-state index contributed by atoms with van der Waals surface area (Å²) in [6, 6.07) is 6.46. The smallest absolute Gasteiger partial charge is 0.233 e. The fraction of sp³-hybridized carbons (Fsp3) is 0.412. The highest BCUT2D eigenvalue weighted by Crippen LogP contribution is 2.31. The maximum Gasteiger partial charge on any atom is 0.233 e. The fourth-order valence-electron chi connectivity index (χ4n) is 2.13. The molecule has 0 saturated heterocycles. The van der Waals surface area contributed by atoms with Crippen LogP contribution in [0.15, 0.2) is 34.0 Å². The van der Waals surface area contributed by atoms with Gasteiger partial charge in [0.25, 0.3) is 0 Å². The first kappa shape index (κ1) is 17.9. The number of halogens is 1. The van der Waals surface area contributed by atoms with Crippen molar-refractivity contribution >= 4 is 29.0 Å². The molecule has 2 unspecified atom stereocenters. The fourth-order valence-corrected chi connectivity index (χ4v) is 4.12. The Morgan fingerprint density at radius 2 is 2.04 bits per heavy atom. The number of nitrogens with one attached hydrogen (secondary N) is 1. The molecule has 1 heterocycles. The van der Waals surface area contributed by atoms with Crippen LogP contribution in [0.5, 0.6) is 0 Å². The highest BCUT2D eigenvalue weighted by molar-refractivity contribution is 8.02. The summed E-state index contributed by atoms with van der Waals surface area (Å²) in [5.74, 6) is -0.223. The Morgan fingerprint density at radius 1 is 1.35 bits per heavy atom. The Bertz CT molecular complexity index is 642. The van der Waals surface area contributed by atoms with Crippen molar-refractivity contribution in [2.75, 3.05) is 0 Å². The SMILES string of the molecule is CCCC(C)NC(=O)C(C)Sc1nc(-c2ccc(F)cc2)cs1. The van der Waals surface area contributed by atoms with Gasteiger partial charge in [-0.05, 0) is 44.5 Å². The lowest BCUT2D eigenvalue weighted by Crippen LogP contribution is -2.37. The first-order valence-electron chi connectivity index (χ1n) is 7.68. The normalized spacial score (nSPS) is 13.6. The maximum absolute atomic E-state index is 13.0. The molecule has 0 saturated carbocycles. The van der Waals surface area contributed by atoms with Crippen molar-refractivity contribution in [3.8, 4) is 11.3 Å². The van der Waals surface area contributed by atoms with E-state index in [2.05, 4.69) is 17.2 Å². The van der Waals surface area contributed by atoms with Gasteiger partial charge < -0.3 is 5.32 Å². The standard InChI is InChI=1S/C17H21FN2OS2/c1-4-5-11(2)19-16(21)12(3)23-17-20-15(10-22-17)13-6-8-14(18)9-7-13/h6-12H,4-5H2,1-3H3,(H,19,21). The summed E-state index contributed by atoms with van der Waals surface area (Å²) in [5.41, 5.74) is 1.69. The van der Waals surface area contributed by atoms with Gasteiger partial charge in [0.1, 0.15) is 5.82 Å². The van der Waals surface area contributed by atoms with Crippen LogP contribution >= 0.6 is 23.1 Å². The van der Waals surface area contributed by atoms with E-state index < -0.39 is 0 Å². The summed E-state index contributed by atoms with van der Waals surface area (Å²) in [6.07, 6.45) is 2.03. The van der Waals surface area contributed by atoms with Gasteiger partial charge >= 0.3 is 0 Å². The highest BCUT2D eigenvalue weighted by atomic mass is 32.2. The summed E-state index contributed by atoms with van der Waals surface area (Å²) < 4.78 is 13.8. The molecule has 0 aliphatic heterocycles. The molecule has 0 spiro atoms. The van der Waals surface area contributed by atoms with Crippen molar-refractivity contribution in [2.24, 2.45) is 0 Å². The number of aromatic nitrogens is 1. The number of amides is 1. The van der Waals surface area contributed by atoms with E-state index in [1.807, 2.05) is 19.2 Å². The van der Waals surface area contributed by atoms with E-state index in [4.69, 9.17) is 0 Å².